The molecule has 0 fully saturated rings. The number of methoxy groups -OCH3 is 1. The molecule has 0 saturated heterocycles. The van der Waals surface area contributed by atoms with E-state index >= 15 is 0 Å². The Morgan fingerprint density at radius 1 is 0.935 bits per heavy atom. The van der Waals surface area contributed by atoms with Crippen molar-refractivity contribution in [2.45, 2.75) is 6.92 Å². The summed E-state index contributed by atoms with van der Waals surface area (Å²) in [5.74, 6) is -1.60. The van der Waals surface area contributed by atoms with Gasteiger partial charge in [-0.15, -0.1) is 0 Å². The van der Waals surface area contributed by atoms with Crippen LogP contribution in [0.1, 0.15) is 23.0 Å². The largest absolute Gasteiger partial charge is 0.495 e. The first kappa shape index (κ1) is 21.3. The van der Waals surface area contributed by atoms with Crippen molar-refractivity contribution in [3.63, 3.8) is 0 Å². The van der Waals surface area contributed by atoms with Gasteiger partial charge in [0, 0.05) is 0 Å². The average molecular weight is 421 g/mol. The van der Waals surface area contributed by atoms with Gasteiger partial charge in [0.05, 0.1) is 24.8 Å². The van der Waals surface area contributed by atoms with E-state index in [1.54, 1.807) is 61.5 Å². The minimum Gasteiger partial charge on any atom is -0.495 e. The van der Waals surface area contributed by atoms with Crippen LogP contribution < -0.4 is 20.2 Å². The van der Waals surface area contributed by atoms with Crippen molar-refractivity contribution in [1.29, 1.82) is 0 Å². The topological polar surface area (TPSA) is 119 Å². The van der Waals surface area contributed by atoms with E-state index in [0.717, 1.165) is 0 Å². The van der Waals surface area contributed by atoms with Crippen LogP contribution in [0.3, 0.4) is 0 Å². The molecule has 0 spiro atoms. The highest BCUT2D eigenvalue weighted by atomic mass is 16.5. The summed E-state index contributed by atoms with van der Waals surface area (Å²) in [6, 6.07) is 16.3. The van der Waals surface area contributed by atoms with Crippen LogP contribution in [-0.2, 0) is 9.59 Å². The van der Waals surface area contributed by atoms with Crippen LogP contribution in [0.4, 0.5) is 5.69 Å². The Hall–Kier alpha value is -4.40. The van der Waals surface area contributed by atoms with E-state index in [0.29, 0.717) is 28.5 Å². The van der Waals surface area contributed by atoms with Gasteiger partial charge in [-0.1, -0.05) is 12.1 Å². The highest BCUT2D eigenvalue weighted by Gasteiger charge is 2.15. The van der Waals surface area contributed by atoms with E-state index in [1.807, 2.05) is 0 Å². The fraction of sp³-hybridized carbons (Fsp3) is 0.0909. The number of rotatable bonds is 6. The highest BCUT2D eigenvalue weighted by molar-refractivity contribution is 6.39. The number of carbonyl (C=O) groups is 3. The Kier molecular flexibility index (Phi) is 6.79. The first-order valence-electron chi connectivity index (χ1n) is 9.12. The van der Waals surface area contributed by atoms with Crippen molar-refractivity contribution < 1.29 is 28.3 Å². The van der Waals surface area contributed by atoms with Crippen molar-refractivity contribution in [3.8, 4) is 11.5 Å². The van der Waals surface area contributed by atoms with Gasteiger partial charge in [0.2, 0.25) is 5.76 Å². The summed E-state index contributed by atoms with van der Waals surface area (Å²) in [4.78, 5) is 36.0. The normalized spacial score (nSPS) is 10.8. The van der Waals surface area contributed by atoms with Crippen LogP contribution in [0, 0.1) is 0 Å². The molecule has 3 rings (SSSR count). The van der Waals surface area contributed by atoms with Gasteiger partial charge in [-0.25, -0.2) is 10.2 Å². The lowest BCUT2D eigenvalue weighted by Gasteiger charge is -2.09. The molecule has 0 saturated carbocycles. The van der Waals surface area contributed by atoms with Gasteiger partial charge < -0.3 is 19.2 Å². The minimum absolute atomic E-state index is 0.0935. The molecule has 0 atom stereocenters. The number of benzene rings is 2. The fourth-order valence-corrected chi connectivity index (χ4v) is 2.49. The second-order valence-electron chi connectivity index (χ2n) is 6.18. The predicted octanol–water partition coefficient (Wildman–Crippen LogP) is 2.99. The molecule has 1 heterocycles. The van der Waals surface area contributed by atoms with Gasteiger partial charge in [0.25, 0.3) is 0 Å². The summed E-state index contributed by atoms with van der Waals surface area (Å²) in [5, 5.41) is 6.39. The lowest BCUT2D eigenvalue weighted by Crippen LogP contribution is -2.33. The van der Waals surface area contributed by atoms with Gasteiger partial charge in [-0.2, -0.15) is 5.10 Å². The lowest BCUT2D eigenvalue weighted by atomic mass is 10.1. The molecule has 3 aromatic rings. The number of anilines is 1. The number of hydrogen-bond acceptors (Lipinski definition) is 7. The van der Waals surface area contributed by atoms with Crippen molar-refractivity contribution in [2.75, 3.05) is 12.4 Å². The zero-order valence-electron chi connectivity index (χ0n) is 16.7. The molecule has 2 aromatic carbocycles. The number of ether oxygens (including phenoxy) is 2. The molecule has 0 aliphatic rings. The maximum atomic E-state index is 12.1. The van der Waals surface area contributed by atoms with E-state index in [1.165, 1.54) is 19.4 Å². The third-order valence-corrected chi connectivity index (χ3v) is 4.09. The number of para-hydroxylation sites is 2. The summed E-state index contributed by atoms with van der Waals surface area (Å²) >= 11 is 0. The van der Waals surface area contributed by atoms with Crippen LogP contribution in [0.5, 0.6) is 11.5 Å². The second kappa shape index (κ2) is 9.88. The number of nitrogens with zero attached hydrogens (tertiary/aromatic N) is 1. The van der Waals surface area contributed by atoms with Crippen molar-refractivity contribution >= 4 is 29.2 Å². The van der Waals surface area contributed by atoms with E-state index in [2.05, 4.69) is 15.8 Å². The molecule has 0 radical (unpaired) electrons. The van der Waals surface area contributed by atoms with Crippen molar-refractivity contribution in [3.05, 3.63) is 78.3 Å². The molecule has 31 heavy (non-hydrogen) atoms. The standard InChI is InChI=1S/C22H19N3O6/c1-14(15-9-11-16(12-10-15)31-22(28)19-8-5-13-30-19)24-25-21(27)20(26)23-17-6-3-4-7-18(17)29-2/h3-13H,1-2H3,(H,23,26)(H,25,27)/b24-14+. The molecule has 2 amide bonds. The van der Waals surface area contributed by atoms with Crippen LogP contribution in [0.15, 0.2) is 76.4 Å². The third kappa shape index (κ3) is 5.57. The highest BCUT2D eigenvalue weighted by Crippen LogP contribution is 2.22. The Bertz CT molecular complexity index is 1100. The Labute approximate surface area is 177 Å². The van der Waals surface area contributed by atoms with Gasteiger partial charge >= 0.3 is 17.8 Å². The van der Waals surface area contributed by atoms with Gasteiger partial charge in [0.15, 0.2) is 0 Å². The molecule has 2 N–H and O–H groups in total. The number of amides is 2. The number of furan rings is 1. The van der Waals surface area contributed by atoms with Crippen molar-refractivity contribution in [1.82, 2.24) is 5.43 Å². The number of hydrazone groups is 1. The molecule has 158 valence electrons. The molecule has 0 bridgehead atoms. The van der Waals surface area contributed by atoms with Crippen LogP contribution in [0.25, 0.3) is 0 Å². The van der Waals surface area contributed by atoms with E-state index < -0.39 is 17.8 Å². The molecule has 0 aliphatic carbocycles. The van der Waals surface area contributed by atoms with Gasteiger partial charge in [-0.3, -0.25) is 9.59 Å². The molecule has 9 nitrogen and oxygen atoms in total. The molecular formula is C22H19N3O6. The maximum Gasteiger partial charge on any atom is 0.379 e. The van der Waals surface area contributed by atoms with Crippen LogP contribution >= 0.6 is 0 Å². The van der Waals surface area contributed by atoms with Gasteiger partial charge in [0.1, 0.15) is 11.5 Å². The maximum absolute atomic E-state index is 12.1. The van der Waals surface area contributed by atoms with E-state index in [9.17, 15) is 14.4 Å². The smallest absolute Gasteiger partial charge is 0.379 e. The molecule has 9 heteroatoms. The summed E-state index contributed by atoms with van der Waals surface area (Å²) in [5.41, 5.74) is 3.67. The summed E-state index contributed by atoms with van der Waals surface area (Å²) < 4.78 is 15.3. The molecular weight excluding hydrogens is 402 g/mol. The van der Waals surface area contributed by atoms with E-state index in [4.69, 9.17) is 13.9 Å². The SMILES string of the molecule is COc1ccccc1NC(=O)C(=O)N/N=C(\C)c1ccc(OC(=O)c2ccco2)cc1. The number of nitrogens with one attached hydrogen (secondary N) is 2. The number of carbonyl (C=O) groups excluding carboxylic acids is 3. The quantitative estimate of drug-likeness (QED) is 0.208. The van der Waals surface area contributed by atoms with Gasteiger partial charge in [-0.05, 0) is 61.0 Å². The average Bonchev–Trinajstić information content (AvgIpc) is 3.33. The summed E-state index contributed by atoms with van der Waals surface area (Å²) in [7, 11) is 1.46. The summed E-state index contributed by atoms with van der Waals surface area (Å²) in [6.45, 7) is 1.66. The predicted molar refractivity (Wildman–Crippen MR) is 112 cm³/mol. The fourth-order valence-electron chi connectivity index (χ4n) is 2.49. The lowest BCUT2D eigenvalue weighted by molar-refractivity contribution is -0.136. The summed E-state index contributed by atoms with van der Waals surface area (Å²) in [6.07, 6.45) is 1.38. The van der Waals surface area contributed by atoms with Crippen LogP contribution in [0.2, 0.25) is 0 Å². The second-order valence-corrected chi connectivity index (χ2v) is 6.18. The van der Waals surface area contributed by atoms with E-state index in [-0.39, 0.29) is 5.76 Å². The Morgan fingerprint density at radius 2 is 1.68 bits per heavy atom. The number of esters is 1. The third-order valence-electron chi connectivity index (χ3n) is 4.09. The first-order valence-corrected chi connectivity index (χ1v) is 9.12. The van der Waals surface area contributed by atoms with Crippen molar-refractivity contribution in [2.24, 2.45) is 5.10 Å². The number of hydrogen-bond donors (Lipinski definition) is 2. The first-order chi connectivity index (χ1) is 15.0. The zero-order valence-corrected chi connectivity index (χ0v) is 16.7. The Morgan fingerprint density at radius 3 is 2.35 bits per heavy atom. The molecule has 0 aliphatic heterocycles. The zero-order chi connectivity index (χ0) is 22.2. The molecule has 0 unspecified atom stereocenters. The molecule has 1 aromatic heterocycles. The minimum atomic E-state index is -0.936. The Balaban J connectivity index is 1.57. The van der Waals surface area contributed by atoms with Crippen LogP contribution in [-0.4, -0.2) is 30.6 Å². The monoisotopic (exact) mass is 421 g/mol.